The van der Waals surface area contributed by atoms with Crippen LogP contribution in [0.15, 0.2) is 16.7 Å². The molecule has 0 fully saturated rings. The summed E-state index contributed by atoms with van der Waals surface area (Å²) in [7, 11) is 0. The van der Waals surface area contributed by atoms with E-state index in [2.05, 4.69) is 35.5 Å². The summed E-state index contributed by atoms with van der Waals surface area (Å²) in [6.45, 7) is 11.3. The van der Waals surface area contributed by atoms with Crippen LogP contribution >= 0.6 is 0 Å². The minimum absolute atomic E-state index is 0.199. The van der Waals surface area contributed by atoms with Crippen LogP contribution in [0.2, 0.25) is 0 Å². The molecule has 0 saturated carbocycles. The van der Waals surface area contributed by atoms with Crippen molar-refractivity contribution in [2.24, 2.45) is 0 Å². The van der Waals surface area contributed by atoms with Gasteiger partial charge in [0.25, 0.3) is 0 Å². The third-order valence-electron chi connectivity index (χ3n) is 2.82. The number of hydrogen-bond donors (Lipinski definition) is 0. The summed E-state index contributed by atoms with van der Waals surface area (Å²) >= 11 is 0. The van der Waals surface area contributed by atoms with Gasteiger partial charge in [-0.25, -0.2) is 4.79 Å². The lowest BCUT2D eigenvalue weighted by Gasteiger charge is -2.19. The molecule has 0 aromatic carbocycles. The highest BCUT2D eigenvalue weighted by atomic mass is 16.6. The third kappa shape index (κ3) is 8.20. The number of nitrogens with zero attached hydrogens (tertiary/aromatic N) is 2. The number of carbonyl (C=O) groups is 1. The number of unbranched alkanes of at least 4 members (excludes halogenated alkanes) is 2. The number of esters is 1. The average Bonchev–Trinajstić information content (AvgIpc) is 2.88. The number of ether oxygens (including phenoxy) is 1. The van der Waals surface area contributed by atoms with E-state index in [0.29, 0.717) is 30.1 Å². The lowest BCUT2D eigenvalue weighted by atomic mass is 10.1. The Bertz CT molecular complexity index is 585. The first kappa shape index (κ1) is 19.0. The second-order valence-electron chi connectivity index (χ2n) is 6.34. The van der Waals surface area contributed by atoms with Gasteiger partial charge in [-0.2, -0.15) is 4.98 Å². The van der Waals surface area contributed by atoms with Gasteiger partial charge in [0.2, 0.25) is 5.89 Å². The van der Waals surface area contributed by atoms with Crippen molar-refractivity contribution in [1.82, 2.24) is 10.1 Å². The molecule has 0 aliphatic carbocycles. The fourth-order valence-corrected chi connectivity index (χ4v) is 1.68. The molecule has 23 heavy (non-hydrogen) atoms. The number of hydrogen-bond acceptors (Lipinski definition) is 5. The molecule has 5 nitrogen and oxygen atoms in total. The SMILES string of the molecule is C=C(Cc1nc(CCC#CCCCC)no1)C(=O)OC(C)(C)C. The van der Waals surface area contributed by atoms with Crippen LogP contribution in [0.25, 0.3) is 0 Å². The number of aryl methyl sites for hydroxylation is 1. The Labute approximate surface area is 138 Å². The molecule has 1 aromatic rings. The van der Waals surface area contributed by atoms with Crippen molar-refractivity contribution in [3.63, 3.8) is 0 Å². The third-order valence-corrected chi connectivity index (χ3v) is 2.82. The van der Waals surface area contributed by atoms with Crippen molar-refractivity contribution >= 4 is 5.97 Å². The van der Waals surface area contributed by atoms with Crippen LogP contribution in [0.5, 0.6) is 0 Å². The smallest absolute Gasteiger partial charge is 0.334 e. The van der Waals surface area contributed by atoms with E-state index in [1.54, 1.807) is 0 Å². The highest BCUT2D eigenvalue weighted by Gasteiger charge is 2.20. The normalized spacial score (nSPS) is 10.8. The van der Waals surface area contributed by atoms with Gasteiger partial charge < -0.3 is 9.26 Å². The van der Waals surface area contributed by atoms with Gasteiger partial charge in [-0.1, -0.05) is 25.1 Å². The molecule has 0 unspecified atom stereocenters. The van der Waals surface area contributed by atoms with E-state index in [4.69, 9.17) is 9.26 Å². The molecule has 0 saturated heterocycles. The van der Waals surface area contributed by atoms with Crippen molar-refractivity contribution < 1.29 is 14.1 Å². The quantitative estimate of drug-likeness (QED) is 0.332. The fourth-order valence-electron chi connectivity index (χ4n) is 1.68. The molecule has 0 atom stereocenters. The van der Waals surface area contributed by atoms with Crippen molar-refractivity contribution in [3.8, 4) is 11.8 Å². The molecule has 5 heteroatoms. The zero-order valence-electron chi connectivity index (χ0n) is 14.6. The standard InChI is InChI=1S/C18H26N2O3/c1-6-7-8-9-10-11-12-15-19-16(23-20-15)13-14(2)17(21)22-18(3,4)5/h2,6-8,11-13H2,1,3-5H3. The van der Waals surface area contributed by atoms with Crippen LogP contribution in [-0.4, -0.2) is 21.7 Å². The Hall–Kier alpha value is -2.09. The molecule has 1 heterocycles. The topological polar surface area (TPSA) is 65.2 Å². The van der Waals surface area contributed by atoms with Crippen LogP contribution in [0.1, 0.15) is 65.1 Å². The zero-order chi connectivity index (χ0) is 17.3. The Morgan fingerprint density at radius 1 is 1.30 bits per heavy atom. The van der Waals surface area contributed by atoms with Gasteiger partial charge in [-0.3, -0.25) is 0 Å². The molecular weight excluding hydrogens is 292 g/mol. The highest BCUT2D eigenvalue weighted by molar-refractivity contribution is 5.88. The summed E-state index contributed by atoms with van der Waals surface area (Å²) in [5.41, 5.74) is -0.245. The monoisotopic (exact) mass is 318 g/mol. The lowest BCUT2D eigenvalue weighted by molar-refractivity contribution is -0.150. The Morgan fingerprint density at radius 3 is 2.65 bits per heavy atom. The fraction of sp³-hybridized carbons (Fsp3) is 0.611. The summed E-state index contributed by atoms with van der Waals surface area (Å²) in [5, 5.41) is 3.89. The number of rotatable bonds is 7. The first-order valence-electron chi connectivity index (χ1n) is 8.00. The second-order valence-corrected chi connectivity index (χ2v) is 6.34. The predicted octanol–water partition coefficient (Wildman–Crippen LogP) is 3.64. The van der Waals surface area contributed by atoms with Crippen molar-refractivity contribution in [2.45, 2.75) is 71.8 Å². The van der Waals surface area contributed by atoms with Crippen LogP contribution in [0.4, 0.5) is 0 Å². The predicted molar refractivity (Wildman–Crippen MR) is 88.6 cm³/mol. The lowest BCUT2D eigenvalue weighted by Crippen LogP contribution is -2.25. The molecule has 0 spiro atoms. The van der Waals surface area contributed by atoms with Gasteiger partial charge in [0.15, 0.2) is 5.82 Å². The minimum atomic E-state index is -0.545. The Morgan fingerprint density at radius 2 is 2.00 bits per heavy atom. The molecular formula is C18H26N2O3. The van der Waals surface area contributed by atoms with E-state index in [1.807, 2.05) is 20.8 Å². The summed E-state index contributed by atoms with van der Waals surface area (Å²) in [4.78, 5) is 16.1. The maximum atomic E-state index is 11.8. The van der Waals surface area contributed by atoms with E-state index in [-0.39, 0.29) is 6.42 Å². The minimum Gasteiger partial charge on any atom is -0.457 e. The molecule has 126 valence electrons. The Kier molecular flexibility index (Phi) is 7.53. The van der Waals surface area contributed by atoms with Crippen LogP contribution in [0.3, 0.4) is 0 Å². The van der Waals surface area contributed by atoms with Crippen molar-refractivity contribution in [2.75, 3.05) is 0 Å². The molecule has 1 rings (SSSR count). The average molecular weight is 318 g/mol. The maximum Gasteiger partial charge on any atom is 0.334 e. The van der Waals surface area contributed by atoms with Crippen LogP contribution in [0, 0.1) is 11.8 Å². The van der Waals surface area contributed by atoms with E-state index >= 15 is 0 Å². The summed E-state index contributed by atoms with van der Waals surface area (Å²) in [5.74, 6) is 6.74. The van der Waals surface area contributed by atoms with E-state index < -0.39 is 11.6 Å². The molecule has 0 aliphatic rings. The van der Waals surface area contributed by atoms with Crippen molar-refractivity contribution in [1.29, 1.82) is 0 Å². The van der Waals surface area contributed by atoms with Crippen LogP contribution < -0.4 is 0 Å². The van der Waals surface area contributed by atoms with Gasteiger partial charge in [0, 0.05) is 24.8 Å². The molecule has 0 bridgehead atoms. The molecule has 0 aliphatic heterocycles. The van der Waals surface area contributed by atoms with Gasteiger partial charge in [0.05, 0.1) is 6.42 Å². The first-order chi connectivity index (χ1) is 10.8. The molecule has 1 aromatic heterocycles. The molecule has 0 N–H and O–H groups in total. The largest absolute Gasteiger partial charge is 0.457 e. The van der Waals surface area contributed by atoms with Gasteiger partial charge in [-0.15, -0.1) is 11.8 Å². The van der Waals surface area contributed by atoms with Gasteiger partial charge in [0.1, 0.15) is 5.60 Å². The zero-order valence-corrected chi connectivity index (χ0v) is 14.6. The number of carbonyl (C=O) groups excluding carboxylic acids is 1. The molecule has 0 radical (unpaired) electrons. The summed E-state index contributed by atoms with van der Waals surface area (Å²) in [6, 6.07) is 0. The summed E-state index contributed by atoms with van der Waals surface area (Å²) < 4.78 is 10.4. The molecule has 0 amide bonds. The van der Waals surface area contributed by atoms with E-state index in [0.717, 1.165) is 19.3 Å². The van der Waals surface area contributed by atoms with Gasteiger partial charge in [-0.05, 0) is 27.2 Å². The van der Waals surface area contributed by atoms with E-state index in [1.165, 1.54) is 0 Å². The number of aromatic nitrogens is 2. The van der Waals surface area contributed by atoms with Crippen molar-refractivity contribution in [3.05, 3.63) is 23.9 Å². The summed E-state index contributed by atoms with van der Waals surface area (Å²) in [6.07, 6.45) is 4.77. The Balaban J connectivity index is 2.42. The van der Waals surface area contributed by atoms with E-state index in [9.17, 15) is 4.79 Å². The maximum absolute atomic E-state index is 11.8. The van der Waals surface area contributed by atoms with Gasteiger partial charge >= 0.3 is 5.97 Å². The second kappa shape index (κ2) is 9.14. The van der Waals surface area contributed by atoms with Crippen LogP contribution in [-0.2, 0) is 22.4 Å². The highest BCUT2D eigenvalue weighted by Crippen LogP contribution is 2.13. The first-order valence-corrected chi connectivity index (χ1v) is 8.00.